The molecule has 0 fully saturated rings. The van der Waals surface area contributed by atoms with E-state index in [0.717, 1.165) is 27.7 Å². The summed E-state index contributed by atoms with van der Waals surface area (Å²) in [6.07, 6.45) is 6.65. The number of nitrogens with one attached hydrogen (secondary N) is 2. The number of likely N-dealkylation sites (N-methyl/N-ethyl adjacent to an activating group) is 1. The highest BCUT2D eigenvalue weighted by atomic mass is 16.2. The lowest BCUT2D eigenvalue weighted by Gasteiger charge is -2.34. The molecule has 3 aromatic heterocycles. The number of pyridine rings is 1. The van der Waals surface area contributed by atoms with E-state index in [2.05, 4.69) is 32.1 Å². The second-order valence-corrected chi connectivity index (χ2v) is 7.10. The highest BCUT2D eigenvalue weighted by Gasteiger charge is 2.30. The number of rotatable bonds is 4. The number of hydrogen-bond donors (Lipinski definition) is 2. The Bertz CT molecular complexity index is 1120. The highest BCUT2D eigenvalue weighted by molar-refractivity contribution is 5.92. The lowest BCUT2D eigenvalue weighted by atomic mass is 9.98. The third-order valence-electron chi connectivity index (χ3n) is 5.07. The Morgan fingerprint density at radius 3 is 2.78 bits per heavy atom. The van der Waals surface area contributed by atoms with E-state index in [9.17, 15) is 4.79 Å². The van der Waals surface area contributed by atoms with Crippen LogP contribution >= 0.6 is 0 Å². The van der Waals surface area contributed by atoms with Gasteiger partial charge in [-0.1, -0.05) is 18.2 Å². The molecule has 0 aliphatic heterocycles. The van der Waals surface area contributed by atoms with Crippen molar-refractivity contribution in [3.8, 4) is 0 Å². The highest BCUT2D eigenvalue weighted by Crippen LogP contribution is 2.29. The third-order valence-corrected chi connectivity index (χ3v) is 5.07. The minimum absolute atomic E-state index is 0.0802. The zero-order valence-corrected chi connectivity index (χ0v) is 15.5. The van der Waals surface area contributed by atoms with Crippen LogP contribution in [0.2, 0.25) is 0 Å². The van der Waals surface area contributed by atoms with Crippen molar-refractivity contribution < 1.29 is 4.79 Å². The van der Waals surface area contributed by atoms with Crippen molar-refractivity contribution in [3.63, 3.8) is 0 Å². The van der Waals surface area contributed by atoms with E-state index >= 15 is 0 Å². The smallest absolute Gasteiger partial charge is 0.247 e. The van der Waals surface area contributed by atoms with Gasteiger partial charge in [0.15, 0.2) is 5.65 Å². The second-order valence-electron chi connectivity index (χ2n) is 7.10. The summed E-state index contributed by atoms with van der Waals surface area (Å²) in [6.45, 7) is 4.06. The number of H-pyrrole nitrogens is 2. The van der Waals surface area contributed by atoms with Gasteiger partial charge in [-0.2, -0.15) is 0 Å². The van der Waals surface area contributed by atoms with Gasteiger partial charge in [0.05, 0.1) is 17.4 Å². The number of hydrogen-bond acceptors (Lipinski definition) is 3. The summed E-state index contributed by atoms with van der Waals surface area (Å²) in [6, 6.07) is 12.1. The Hall–Kier alpha value is -3.41. The summed E-state index contributed by atoms with van der Waals surface area (Å²) in [5.74, 6) is -0.0802. The van der Waals surface area contributed by atoms with E-state index in [0.29, 0.717) is 5.65 Å². The molecule has 4 aromatic rings. The maximum absolute atomic E-state index is 12.7. The zero-order valence-electron chi connectivity index (χ0n) is 15.5. The van der Waals surface area contributed by atoms with Crippen molar-refractivity contribution in [2.75, 3.05) is 7.05 Å². The molecule has 27 heavy (non-hydrogen) atoms. The number of imidazole rings is 1. The van der Waals surface area contributed by atoms with Crippen molar-refractivity contribution >= 4 is 34.1 Å². The van der Waals surface area contributed by atoms with Gasteiger partial charge < -0.3 is 14.9 Å². The van der Waals surface area contributed by atoms with Gasteiger partial charge >= 0.3 is 0 Å². The van der Waals surface area contributed by atoms with Crippen LogP contribution in [-0.4, -0.2) is 37.8 Å². The van der Waals surface area contributed by atoms with Crippen LogP contribution < -0.4 is 0 Å². The Morgan fingerprint density at radius 1 is 1.15 bits per heavy atom. The van der Waals surface area contributed by atoms with Crippen LogP contribution in [-0.2, 0) is 10.3 Å². The normalized spacial score (nSPS) is 12.3. The predicted octanol–water partition coefficient (Wildman–Crippen LogP) is 3.85. The Labute approximate surface area is 156 Å². The molecule has 0 spiro atoms. The van der Waals surface area contributed by atoms with Crippen molar-refractivity contribution in [1.29, 1.82) is 0 Å². The summed E-state index contributed by atoms with van der Waals surface area (Å²) in [5, 5.41) is 1.14. The van der Waals surface area contributed by atoms with Crippen molar-refractivity contribution in [2.45, 2.75) is 19.4 Å². The van der Waals surface area contributed by atoms with Gasteiger partial charge in [0.2, 0.25) is 5.91 Å². The molecule has 1 aromatic carbocycles. The van der Waals surface area contributed by atoms with E-state index in [1.165, 1.54) is 0 Å². The van der Waals surface area contributed by atoms with Crippen LogP contribution in [0.4, 0.5) is 0 Å². The maximum Gasteiger partial charge on any atom is 0.247 e. The summed E-state index contributed by atoms with van der Waals surface area (Å²) in [4.78, 5) is 29.3. The van der Waals surface area contributed by atoms with Crippen molar-refractivity contribution in [2.24, 2.45) is 0 Å². The van der Waals surface area contributed by atoms with Crippen molar-refractivity contribution in [1.82, 2.24) is 24.8 Å². The van der Waals surface area contributed by atoms with Gasteiger partial charge in [0.1, 0.15) is 0 Å². The van der Waals surface area contributed by atoms with Crippen LogP contribution in [0.15, 0.2) is 55.0 Å². The number of benzene rings is 1. The quantitative estimate of drug-likeness (QED) is 0.543. The van der Waals surface area contributed by atoms with Gasteiger partial charge in [0.25, 0.3) is 0 Å². The molecule has 0 saturated carbocycles. The molecular weight excluding hydrogens is 338 g/mol. The Kier molecular flexibility index (Phi) is 4.03. The van der Waals surface area contributed by atoms with Gasteiger partial charge in [-0.15, -0.1) is 0 Å². The molecule has 0 atom stereocenters. The minimum atomic E-state index is -0.480. The van der Waals surface area contributed by atoms with E-state index in [1.54, 1.807) is 29.6 Å². The monoisotopic (exact) mass is 359 g/mol. The van der Waals surface area contributed by atoms with Gasteiger partial charge in [0, 0.05) is 30.5 Å². The molecule has 136 valence electrons. The van der Waals surface area contributed by atoms with E-state index in [-0.39, 0.29) is 5.91 Å². The summed E-state index contributed by atoms with van der Waals surface area (Å²) >= 11 is 0. The van der Waals surface area contributed by atoms with Gasteiger partial charge in [-0.3, -0.25) is 4.79 Å². The maximum atomic E-state index is 12.7. The number of nitrogens with zero attached hydrogens (tertiary/aromatic N) is 3. The molecule has 0 aliphatic carbocycles. The molecule has 3 heterocycles. The number of aromatic amines is 2. The Balaban J connectivity index is 1.56. The first-order valence-electron chi connectivity index (χ1n) is 8.78. The largest absolute Gasteiger partial charge is 0.356 e. The van der Waals surface area contributed by atoms with Crippen LogP contribution in [0, 0.1) is 0 Å². The fraction of sp³-hybridized carbons (Fsp3) is 0.190. The average Bonchev–Trinajstić information content (AvgIpc) is 3.31. The number of carbonyl (C=O) groups is 1. The number of carbonyl (C=O) groups excluding carboxylic acids is 1. The summed E-state index contributed by atoms with van der Waals surface area (Å²) < 4.78 is 0. The third kappa shape index (κ3) is 3.10. The van der Waals surface area contributed by atoms with Gasteiger partial charge in [-0.25, -0.2) is 9.97 Å². The molecular formula is C21H21N5O. The molecule has 6 heteroatoms. The number of para-hydroxylation sites is 1. The molecule has 2 N–H and O–H groups in total. The molecule has 1 amide bonds. The zero-order chi connectivity index (χ0) is 19.0. The molecule has 0 aliphatic rings. The molecule has 0 saturated heterocycles. The number of aromatic nitrogens is 4. The average molecular weight is 359 g/mol. The predicted molar refractivity (Wildman–Crippen MR) is 107 cm³/mol. The van der Waals surface area contributed by atoms with E-state index in [1.807, 2.05) is 45.2 Å². The summed E-state index contributed by atoms with van der Waals surface area (Å²) in [5.41, 5.74) is 3.93. The van der Waals surface area contributed by atoms with Crippen LogP contribution in [0.25, 0.3) is 28.1 Å². The van der Waals surface area contributed by atoms with Gasteiger partial charge in [-0.05, 0) is 49.1 Å². The number of fused-ring (bicyclic) bond motifs is 2. The lowest BCUT2D eigenvalue weighted by molar-refractivity contribution is -0.129. The van der Waals surface area contributed by atoms with E-state index < -0.39 is 5.54 Å². The minimum Gasteiger partial charge on any atom is -0.356 e. The fourth-order valence-corrected chi connectivity index (χ4v) is 3.08. The lowest BCUT2D eigenvalue weighted by Crippen LogP contribution is -2.42. The standard InChI is InChI=1S/C21H21N5O/c1-21(2,18-11-15-6-4-5-7-16(15)25-18)26(3)19(27)9-8-14-10-17-20(22-12-14)24-13-23-17/h4-13,25H,1-3H3,(H,22,23,24). The molecule has 4 rings (SSSR count). The SMILES string of the molecule is CN(C(=O)C=Cc1cnc2nc[nH]c2c1)C(C)(C)c1cc2ccccc2[nH]1. The topological polar surface area (TPSA) is 77.7 Å². The second kappa shape index (κ2) is 6.39. The van der Waals surface area contributed by atoms with E-state index in [4.69, 9.17) is 0 Å². The van der Waals surface area contributed by atoms with Crippen LogP contribution in [0.1, 0.15) is 25.1 Å². The Morgan fingerprint density at radius 2 is 1.96 bits per heavy atom. The first-order chi connectivity index (χ1) is 12.9. The fourth-order valence-electron chi connectivity index (χ4n) is 3.08. The number of amides is 1. The first-order valence-corrected chi connectivity index (χ1v) is 8.78. The first kappa shape index (κ1) is 17.0. The summed E-state index contributed by atoms with van der Waals surface area (Å²) in [7, 11) is 1.81. The molecule has 0 bridgehead atoms. The van der Waals surface area contributed by atoms with Crippen LogP contribution in [0.3, 0.4) is 0 Å². The molecule has 0 unspecified atom stereocenters. The van der Waals surface area contributed by atoms with Crippen LogP contribution in [0.5, 0.6) is 0 Å². The van der Waals surface area contributed by atoms with Crippen molar-refractivity contribution in [3.05, 3.63) is 66.3 Å². The molecule has 0 radical (unpaired) electrons. The molecule has 6 nitrogen and oxygen atoms in total.